The Labute approximate surface area is 336 Å². The molecule has 4 unspecified atom stereocenters. The molecular formula is C52H49N5. The lowest BCUT2D eigenvalue weighted by molar-refractivity contribution is 0.309. The molecule has 0 bridgehead atoms. The Balaban J connectivity index is 0.996. The summed E-state index contributed by atoms with van der Waals surface area (Å²) in [7, 11) is 2.16. The summed E-state index contributed by atoms with van der Waals surface area (Å²) >= 11 is 0. The number of benzene rings is 4. The van der Waals surface area contributed by atoms with Gasteiger partial charge < -0.3 is 14.4 Å². The monoisotopic (exact) mass is 743 g/mol. The normalized spacial score (nSPS) is 24.6. The van der Waals surface area contributed by atoms with Crippen LogP contribution in [0.15, 0.2) is 154 Å². The summed E-state index contributed by atoms with van der Waals surface area (Å²) in [5, 5.41) is 0. The van der Waals surface area contributed by atoms with Crippen molar-refractivity contribution >= 4 is 29.6 Å². The van der Waals surface area contributed by atoms with E-state index in [9.17, 15) is 0 Å². The molecule has 0 saturated heterocycles. The summed E-state index contributed by atoms with van der Waals surface area (Å²) < 4.78 is 2.51. The number of fused-ring (bicyclic) bond motifs is 5. The molecule has 4 atom stereocenters. The van der Waals surface area contributed by atoms with Crippen molar-refractivity contribution in [2.24, 2.45) is 15.4 Å². The molecule has 0 spiro atoms. The fourth-order valence-corrected chi connectivity index (χ4v) is 10.2. The van der Waals surface area contributed by atoms with Crippen LogP contribution in [0.5, 0.6) is 0 Å². The Bertz CT molecular complexity index is 2620. The highest BCUT2D eigenvalue weighted by atomic mass is 15.5. The molecule has 2 aliphatic heterocycles. The van der Waals surface area contributed by atoms with Crippen LogP contribution in [-0.4, -0.2) is 34.4 Å². The average molecular weight is 744 g/mol. The average Bonchev–Trinajstić information content (AvgIpc) is 3.70. The third-order valence-electron chi connectivity index (χ3n) is 13.8. The van der Waals surface area contributed by atoms with Gasteiger partial charge in [0.25, 0.3) is 0 Å². The molecule has 57 heavy (non-hydrogen) atoms. The predicted octanol–water partition coefficient (Wildman–Crippen LogP) is 11.7. The number of allylic oxidation sites excluding steroid dienone is 4. The van der Waals surface area contributed by atoms with E-state index in [0.717, 1.165) is 35.8 Å². The van der Waals surface area contributed by atoms with E-state index in [1.807, 2.05) is 0 Å². The molecule has 0 amide bonds. The third kappa shape index (κ3) is 5.49. The molecule has 282 valence electrons. The number of aliphatic imine (C=N–C) groups is 2. The number of guanidine groups is 1. The highest BCUT2D eigenvalue weighted by molar-refractivity contribution is 6.12. The lowest BCUT2D eigenvalue weighted by Crippen LogP contribution is -2.50. The van der Waals surface area contributed by atoms with Gasteiger partial charge in [0, 0.05) is 47.2 Å². The molecule has 5 heteroatoms. The maximum atomic E-state index is 5.42. The van der Waals surface area contributed by atoms with E-state index in [1.54, 1.807) is 5.57 Å². The second kappa shape index (κ2) is 13.1. The molecule has 0 radical (unpaired) electrons. The number of hydrogen-bond acceptors (Lipinski definition) is 4. The zero-order valence-corrected chi connectivity index (χ0v) is 33.4. The minimum Gasteiger partial charge on any atom is -0.319 e. The van der Waals surface area contributed by atoms with Gasteiger partial charge in [-0.1, -0.05) is 129 Å². The van der Waals surface area contributed by atoms with E-state index < -0.39 is 0 Å². The van der Waals surface area contributed by atoms with Gasteiger partial charge in [0.2, 0.25) is 5.96 Å². The molecule has 0 N–H and O–H groups in total. The maximum absolute atomic E-state index is 5.42. The summed E-state index contributed by atoms with van der Waals surface area (Å²) in [6.45, 7) is 7.14. The number of hydrogen-bond donors (Lipinski definition) is 0. The van der Waals surface area contributed by atoms with Crippen LogP contribution in [0.1, 0.15) is 102 Å². The molecule has 5 nitrogen and oxygen atoms in total. The van der Waals surface area contributed by atoms with Crippen LogP contribution in [0.3, 0.4) is 0 Å². The summed E-state index contributed by atoms with van der Waals surface area (Å²) in [6.07, 6.45) is 18.1. The lowest BCUT2D eigenvalue weighted by Gasteiger charge is -2.41. The Morgan fingerprint density at radius 3 is 2.21 bits per heavy atom. The molecule has 3 heterocycles. The SMILES string of the molecule is Cc1c2c(n(-c3ccccc3)c1/C=C1/CCC1(C)C)C=CC(c1ccc3c(c1)C1C=C4CCC4=CC1N3C1=NC(c3ccccc3)=NC(c3ccccc3)N1C)C2. The zero-order chi connectivity index (χ0) is 38.4. The van der Waals surface area contributed by atoms with E-state index in [-0.39, 0.29) is 23.5 Å². The lowest BCUT2D eigenvalue weighted by atomic mass is 9.67. The van der Waals surface area contributed by atoms with Gasteiger partial charge in [-0.15, -0.1) is 0 Å². The van der Waals surface area contributed by atoms with Crippen LogP contribution >= 0.6 is 0 Å². The van der Waals surface area contributed by atoms with Gasteiger partial charge >= 0.3 is 0 Å². The van der Waals surface area contributed by atoms with Gasteiger partial charge in [-0.3, -0.25) is 0 Å². The predicted molar refractivity (Wildman–Crippen MR) is 235 cm³/mol. The Morgan fingerprint density at radius 1 is 0.789 bits per heavy atom. The second-order valence-electron chi connectivity index (χ2n) is 17.5. The largest absolute Gasteiger partial charge is 0.319 e. The third-order valence-corrected chi connectivity index (χ3v) is 13.8. The first-order valence-corrected chi connectivity index (χ1v) is 20.9. The molecule has 2 saturated carbocycles. The van der Waals surface area contributed by atoms with E-state index in [0.29, 0.717) is 5.92 Å². The summed E-state index contributed by atoms with van der Waals surface area (Å²) in [5.74, 6) is 2.28. The minimum absolute atomic E-state index is 0.157. The number of nitrogens with zero attached hydrogens (tertiary/aromatic N) is 5. The number of aromatic nitrogens is 1. The number of rotatable bonds is 5. The van der Waals surface area contributed by atoms with Crippen LogP contribution in [0, 0.1) is 12.3 Å². The molecule has 4 aliphatic carbocycles. The smallest absolute Gasteiger partial charge is 0.210 e. The van der Waals surface area contributed by atoms with Gasteiger partial charge in [0.15, 0.2) is 12.0 Å². The van der Waals surface area contributed by atoms with Gasteiger partial charge in [-0.25, -0.2) is 4.99 Å². The molecule has 6 aliphatic rings. The van der Waals surface area contributed by atoms with E-state index in [4.69, 9.17) is 9.98 Å². The van der Waals surface area contributed by atoms with Crippen molar-refractivity contribution < 1.29 is 0 Å². The highest BCUT2D eigenvalue weighted by Gasteiger charge is 2.45. The van der Waals surface area contributed by atoms with Gasteiger partial charge in [0.05, 0.1) is 6.04 Å². The van der Waals surface area contributed by atoms with Crippen molar-refractivity contribution in [3.63, 3.8) is 0 Å². The van der Waals surface area contributed by atoms with Crippen molar-refractivity contribution in [1.29, 1.82) is 0 Å². The van der Waals surface area contributed by atoms with Crippen molar-refractivity contribution in [1.82, 2.24) is 9.47 Å². The van der Waals surface area contributed by atoms with Crippen LogP contribution < -0.4 is 4.90 Å². The molecule has 4 aromatic carbocycles. The number of para-hydroxylation sites is 1. The summed E-state index contributed by atoms with van der Waals surface area (Å²) in [4.78, 5) is 15.5. The van der Waals surface area contributed by atoms with Crippen molar-refractivity contribution in [3.8, 4) is 5.69 Å². The number of anilines is 1. The van der Waals surface area contributed by atoms with Gasteiger partial charge in [-0.05, 0) is 114 Å². The molecule has 1 aromatic heterocycles. The first-order valence-electron chi connectivity index (χ1n) is 20.9. The van der Waals surface area contributed by atoms with Crippen molar-refractivity contribution in [3.05, 3.63) is 189 Å². The van der Waals surface area contributed by atoms with E-state index >= 15 is 0 Å². The topological polar surface area (TPSA) is 36.1 Å². The Hall–Kier alpha value is -5.94. The number of amidine groups is 1. The summed E-state index contributed by atoms with van der Waals surface area (Å²) in [5.41, 5.74) is 17.9. The molecule has 11 rings (SSSR count). The fraction of sp³-hybridized carbons (Fsp3) is 0.269. The fourth-order valence-electron chi connectivity index (χ4n) is 10.2. The second-order valence-corrected chi connectivity index (χ2v) is 17.5. The highest BCUT2D eigenvalue weighted by Crippen LogP contribution is 2.52. The van der Waals surface area contributed by atoms with E-state index in [2.05, 4.69) is 182 Å². The van der Waals surface area contributed by atoms with Crippen molar-refractivity contribution in [2.75, 3.05) is 11.9 Å². The maximum Gasteiger partial charge on any atom is 0.210 e. The standard InChI is InChI=1S/C52H49N5/c1-33-42-28-37(22-24-45(42)56(41-18-12-7-13-19-41)47(33)32-40-26-27-52(40,2)3)38-23-25-46-43(29-38)44-30-36-20-21-39(36)31-48(44)57(46)51-54-49(34-14-8-5-9-15-34)53-50(55(51)4)35-16-10-6-11-17-35/h5-19,22-25,29-32,37,44,48,50H,20-21,26-28H2,1-4H3/b40-32-. The van der Waals surface area contributed by atoms with Gasteiger partial charge in [-0.2, -0.15) is 4.99 Å². The summed E-state index contributed by atoms with van der Waals surface area (Å²) in [6, 6.07) is 39.5. The quantitative estimate of drug-likeness (QED) is 0.180. The molecular weight excluding hydrogens is 695 g/mol. The molecule has 2 fully saturated rings. The Morgan fingerprint density at radius 2 is 1.51 bits per heavy atom. The van der Waals surface area contributed by atoms with Crippen LogP contribution in [0.4, 0.5) is 5.69 Å². The zero-order valence-electron chi connectivity index (χ0n) is 33.4. The first-order chi connectivity index (χ1) is 27.8. The van der Waals surface area contributed by atoms with Crippen LogP contribution in [0.25, 0.3) is 17.8 Å². The van der Waals surface area contributed by atoms with Crippen LogP contribution in [0.2, 0.25) is 0 Å². The molecule has 5 aromatic rings. The van der Waals surface area contributed by atoms with Gasteiger partial charge in [0.1, 0.15) is 0 Å². The minimum atomic E-state index is -0.189. The first kappa shape index (κ1) is 34.3. The Kier molecular flexibility index (Phi) is 7.86. The van der Waals surface area contributed by atoms with Crippen molar-refractivity contribution in [2.45, 2.75) is 76.9 Å². The van der Waals surface area contributed by atoms with E-state index in [1.165, 1.54) is 75.4 Å². The van der Waals surface area contributed by atoms with Crippen LogP contribution in [-0.2, 0) is 6.42 Å².